The third-order valence-corrected chi connectivity index (χ3v) is 4.14. The molecule has 0 amide bonds. The Morgan fingerprint density at radius 1 is 1.08 bits per heavy atom. The van der Waals surface area contributed by atoms with Crippen LogP contribution in [0, 0.1) is 0 Å². The molecule has 2 aromatic rings. The van der Waals surface area contributed by atoms with E-state index in [1.54, 1.807) is 0 Å². The van der Waals surface area contributed by atoms with Gasteiger partial charge in [-0.15, -0.1) is 0 Å². The smallest absolute Gasteiger partial charge is 0.231 e. The van der Waals surface area contributed by atoms with Crippen molar-refractivity contribution >= 4 is 23.0 Å². The number of rotatable bonds is 5. The molecule has 128 valence electrons. The molecule has 5 heteroatoms. The van der Waals surface area contributed by atoms with E-state index in [0.717, 1.165) is 42.4 Å². The molecular formula is C19H23ClN2O2. The van der Waals surface area contributed by atoms with Gasteiger partial charge >= 0.3 is 0 Å². The highest BCUT2D eigenvalue weighted by Crippen LogP contribution is 2.41. The number of hydrogen-bond donors (Lipinski definition) is 1. The molecule has 0 aromatic heterocycles. The standard InChI is InChI=1S/C19H23ClN2O2/c1-14(2)21-10-5-11-22-16-6-3-4-7-18(16)23-13-24-19-9-8-15(20)12-17(19)22/h3-4,6-9,12,14,21H,5,10-11,13H2,1-2H3. The van der Waals surface area contributed by atoms with Crippen LogP contribution in [0.2, 0.25) is 5.02 Å². The molecule has 0 radical (unpaired) electrons. The quantitative estimate of drug-likeness (QED) is 0.802. The van der Waals surface area contributed by atoms with Crippen molar-refractivity contribution in [2.75, 3.05) is 24.8 Å². The molecule has 0 saturated carbocycles. The lowest BCUT2D eigenvalue weighted by Gasteiger charge is -2.31. The zero-order valence-corrected chi connectivity index (χ0v) is 14.8. The summed E-state index contributed by atoms with van der Waals surface area (Å²) >= 11 is 6.24. The highest BCUT2D eigenvalue weighted by Gasteiger charge is 2.21. The van der Waals surface area contributed by atoms with E-state index in [2.05, 4.69) is 30.1 Å². The first-order chi connectivity index (χ1) is 11.6. The number of hydrogen-bond acceptors (Lipinski definition) is 4. The van der Waals surface area contributed by atoms with Crippen molar-refractivity contribution in [2.24, 2.45) is 0 Å². The first-order valence-corrected chi connectivity index (χ1v) is 8.68. The van der Waals surface area contributed by atoms with E-state index >= 15 is 0 Å². The Hall–Kier alpha value is -1.91. The normalized spacial score (nSPS) is 13.4. The molecule has 0 bridgehead atoms. The molecule has 0 aliphatic carbocycles. The minimum Gasteiger partial charge on any atom is -0.455 e. The molecular weight excluding hydrogens is 324 g/mol. The molecule has 1 aliphatic rings. The molecule has 0 spiro atoms. The lowest BCUT2D eigenvalue weighted by Crippen LogP contribution is -2.28. The Balaban J connectivity index is 1.92. The number of fused-ring (bicyclic) bond motifs is 2. The van der Waals surface area contributed by atoms with E-state index in [1.807, 2.05) is 36.4 Å². The Labute approximate surface area is 148 Å². The monoisotopic (exact) mass is 346 g/mol. The summed E-state index contributed by atoms with van der Waals surface area (Å²) in [5, 5.41) is 4.15. The van der Waals surface area contributed by atoms with Gasteiger partial charge in [0, 0.05) is 17.6 Å². The van der Waals surface area contributed by atoms with Crippen LogP contribution < -0.4 is 19.7 Å². The molecule has 4 nitrogen and oxygen atoms in total. The van der Waals surface area contributed by atoms with Gasteiger partial charge in [0.05, 0.1) is 11.4 Å². The molecule has 0 saturated heterocycles. The minimum absolute atomic E-state index is 0.189. The first kappa shape index (κ1) is 16.9. The van der Waals surface area contributed by atoms with Crippen molar-refractivity contribution in [2.45, 2.75) is 26.3 Å². The van der Waals surface area contributed by atoms with Gasteiger partial charge in [-0.1, -0.05) is 37.6 Å². The molecule has 0 fully saturated rings. The van der Waals surface area contributed by atoms with Gasteiger partial charge in [-0.25, -0.2) is 0 Å². The number of para-hydroxylation sites is 2. The zero-order chi connectivity index (χ0) is 16.9. The number of halogens is 1. The van der Waals surface area contributed by atoms with Crippen molar-refractivity contribution in [3.8, 4) is 11.5 Å². The summed E-state index contributed by atoms with van der Waals surface area (Å²) in [6.07, 6.45) is 0.998. The molecule has 1 aliphatic heterocycles. The maximum absolute atomic E-state index is 6.24. The Morgan fingerprint density at radius 3 is 2.62 bits per heavy atom. The summed E-state index contributed by atoms with van der Waals surface area (Å²) < 4.78 is 11.6. The van der Waals surface area contributed by atoms with E-state index in [9.17, 15) is 0 Å². The molecule has 0 unspecified atom stereocenters. The van der Waals surface area contributed by atoms with Gasteiger partial charge in [0.15, 0.2) is 0 Å². The van der Waals surface area contributed by atoms with Crippen LogP contribution in [0.4, 0.5) is 11.4 Å². The van der Waals surface area contributed by atoms with Gasteiger partial charge in [-0.2, -0.15) is 0 Å². The van der Waals surface area contributed by atoms with E-state index in [1.165, 1.54) is 0 Å². The Morgan fingerprint density at radius 2 is 1.83 bits per heavy atom. The average Bonchev–Trinajstić information content (AvgIpc) is 2.55. The fourth-order valence-electron chi connectivity index (χ4n) is 2.78. The summed E-state index contributed by atoms with van der Waals surface area (Å²) in [6, 6.07) is 14.2. The summed E-state index contributed by atoms with van der Waals surface area (Å²) in [7, 11) is 0. The first-order valence-electron chi connectivity index (χ1n) is 8.30. The Kier molecular flexibility index (Phi) is 5.48. The summed E-state index contributed by atoms with van der Waals surface area (Å²) in [4.78, 5) is 2.22. The second kappa shape index (κ2) is 7.77. The maximum atomic E-state index is 6.24. The second-order valence-electron chi connectivity index (χ2n) is 6.10. The van der Waals surface area contributed by atoms with Crippen LogP contribution in [0.5, 0.6) is 11.5 Å². The molecule has 3 rings (SSSR count). The van der Waals surface area contributed by atoms with Crippen molar-refractivity contribution in [1.82, 2.24) is 5.32 Å². The predicted molar refractivity (Wildman–Crippen MR) is 98.8 cm³/mol. The fraction of sp³-hybridized carbons (Fsp3) is 0.368. The van der Waals surface area contributed by atoms with Crippen LogP contribution in [0.25, 0.3) is 0 Å². The SMILES string of the molecule is CC(C)NCCCN1c2ccccc2OCOc2ccc(Cl)cc21. The fourth-order valence-corrected chi connectivity index (χ4v) is 2.95. The lowest BCUT2D eigenvalue weighted by atomic mass is 10.2. The van der Waals surface area contributed by atoms with Crippen molar-refractivity contribution in [3.63, 3.8) is 0 Å². The van der Waals surface area contributed by atoms with Crippen molar-refractivity contribution in [3.05, 3.63) is 47.5 Å². The molecule has 0 atom stereocenters. The van der Waals surface area contributed by atoms with Crippen molar-refractivity contribution in [1.29, 1.82) is 0 Å². The molecule has 2 aromatic carbocycles. The van der Waals surface area contributed by atoms with Gasteiger partial charge < -0.3 is 19.7 Å². The van der Waals surface area contributed by atoms with Crippen molar-refractivity contribution < 1.29 is 9.47 Å². The summed E-state index contributed by atoms with van der Waals surface area (Å²) in [5.74, 6) is 1.60. The Bertz CT molecular complexity index is 691. The van der Waals surface area contributed by atoms with E-state index in [-0.39, 0.29) is 6.79 Å². The molecule has 24 heavy (non-hydrogen) atoms. The third kappa shape index (κ3) is 3.94. The minimum atomic E-state index is 0.189. The van der Waals surface area contributed by atoms with Crippen LogP contribution in [-0.2, 0) is 0 Å². The van der Waals surface area contributed by atoms with E-state index in [4.69, 9.17) is 21.1 Å². The number of nitrogens with zero attached hydrogens (tertiary/aromatic N) is 1. The van der Waals surface area contributed by atoms with E-state index < -0.39 is 0 Å². The number of benzene rings is 2. The lowest BCUT2D eigenvalue weighted by molar-refractivity contribution is 0.119. The highest BCUT2D eigenvalue weighted by molar-refractivity contribution is 6.31. The summed E-state index contributed by atoms with van der Waals surface area (Å²) in [5.41, 5.74) is 2.01. The van der Waals surface area contributed by atoms with E-state index in [0.29, 0.717) is 11.1 Å². The second-order valence-corrected chi connectivity index (χ2v) is 6.54. The van der Waals surface area contributed by atoms with Gasteiger partial charge in [-0.3, -0.25) is 0 Å². The number of ether oxygens (including phenoxy) is 2. The zero-order valence-electron chi connectivity index (χ0n) is 14.1. The topological polar surface area (TPSA) is 33.7 Å². The molecule has 1 N–H and O–H groups in total. The van der Waals surface area contributed by atoms with Gasteiger partial charge in [0.2, 0.25) is 6.79 Å². The van der Waals surface area contributed by atoms with Crippen LogP contribution >= 0.6 is 11.6 Å². The van der Waals surface area contributed by atoms with Gasteiger partial charge in [0.1, 0.15) is 11.5 Å². The average molecular weight is 347 g/mol. The number of anilines is 2. The van der Waals surface area contributed by atoms with Crippen LogP contribution in [0.1, 0.15) is 20.3 Å². The molecule has 1 heterocycles. The van der Waals surface area contributed by atoms with Crippen LogP contribution in [-0.4, -0.2) is 25.9 Å². The largest absolute Gasteiger partial charge is 0.455 e. The van der Waals surface area contributed by atoms with Crippen LogP contribution in [0.3, 0.4) is 0 Å². The predicted octanol–water partition coefficient (Wildman–Crippen LogP) is 4.59. The number of nitrogens with one attached hydrogen (secondary N) is 1. The summed E-state index contributed by atoms with van der Waals surface area (Å²) in [6.45, 7) is 6.30. The van der Waals surface area contributed by atoms with Crippen LogP contribution in [0.15, 0.2) is 42.5 Å². The highest BCUT2D eigenvalue weighted by atomic mass is 35.5. The van der Waals surface area contributed by atoms with Gasteiger partial charge in [0.25, 0.3) is 0 Å². The third-order valence-electron chi connectivity index (χ3n) is 3.91. The maximum Gasteiger partial charge on any atom is 0.231 e. The van der Waals surface area contributed by atoms with Gasteiger partial charge in [-0.05, 0) is 43.3 Å².